The van der Waals surface area contributed by atoms with Gasteiger partial charge in [0.15, 0.2) is 5.16 Å². The van der Waals surface area contributed by atoms with E-state index in [-0.39, 0.29) is 24.1 Å². The first-order valence-electron chi connectivity index (χ1n) is 9.38. The van der Waals surface area contributed by atoms with Crippen molar-refractivity contribution in [2.24, 2.45) is 5.92 Å². The number of carbonyl (C=O) groups is 2. The number of carbonyl (C=O) groups excluding carboxylic acids is 1. The number of hydrogen-bond donors (Lipinski definition) is 2. The highest BCUT2D eigenvalue weighted by molar-refractivity contribution is 7.99. The minimum Gasteiger partial charge on any atom is -0.481 e. The Bertz CT molecular complexity index is 598. The quantitative estimate of drug-likeness (QED) is 0.504. The first kappa shape index (κ1) is 20.7. The molecule has 1 saturated carbocycles. The molecule has 6 nitrogen and oxygen atoms in total. The number of hydrogen-bond acceptors (Lipinski definition) is 5. The SMILES string of the molecule is Cc1cc(C)nc(SCC(=O)NC(CCC(=O)O)CC2CCCCC2)n1. The largest absolute Gasteiger partial charge is 0.481 e. The minimum atomic E-state index is -0.814. The number of nitrogens with one attached hydrogen (secondary N) is 1. The Morgan fingerprint density at radius 1 is 1.23 bits per heavy atom. The fraction of sp³-hybridized carbons (Fsp3) is 0.684. The second kappa shape index (κ2) is 10.5. The molecule has 1 aliphatic rings. The molecule has 1 aliphatic carbocycles. The van der Waals surface area contributed by atoms with Crippen molar-refractivity contribution in [1.82, 2.24) is 15.3 Å². The van der Waals surface area contributed by atoms with Gasteiger partial charge < -0.3 is 10.4 Å². The van der Waals surface area contributed by atoms with Crippen LogP contribution in [0.3, 0.4) is 0 Å². The summed E-state index contributed by atoms with van der Waals surface area (Å²) in [4.78, 5) is 31.9. The average molecular weight is 380 g/mol. The van der Waals surface area contributed by atoms with Gasteiger partial charge in [-0.05, 0) is 38.7 Å². The zero-order chi connectivity index (χ0) is 18.9. The number of thioether (sulfide) groups is 1. The van der Waals surface area contributed by atoms with Crippen LogP contribution in [-0.2, 0) is 9.59 Å². The Balaban J connectivity index is 1.85. The van der Waals surface area contributed by atoms with E-state index in [0.29, 0.717) is 17.5 Å². The van der Waals surface area contributed by atoms with Gasteiger partial charge in [-0.25, -0.2) is 9.97 Å². The molecular weight excluding hydrogens is 350 g/mol. The molecule has 144 valence electrons. The van der Waals surface area contributed by atoms with Crippen LogP contribution in [0.4, 0.5) is 0 Å². The summed E-state index contributed by atoms with van der Waals surface area (Å²) in [6, 6.07) is 1.83. The maximum Gasteiger partial charge on any atom is 0.303 e. The molecule has 0 radical (unpaired) electrons. The van der Waals surface area contributed by atoms with Crippen LogP contribution in [0, 0.1) is 19.8 Å². The zero-order valence-corrected chi connectivity index (χ0v) is 16.5. The fourth-order valence-corrected chi connectivity index (χ4v) is 4.29. The van der Waals surface area contributed by atoms with Gasteiger partial charge in [0, 0.05) is 23.9 Å². The van der Waals surface area contributed by atoms with Crippen molar-refractivity contribution in [3.8, 4) is 0 Å². The number of rotatable bonds is 9. The van der Waals surface area contributed by atoms with Crippen LogP contribution in [0.25, 0.3) is 0 Å². The fourth-order valence-electron chi connectivity index (χ4n) is 3.53. The van der Waals surface area contributed by atoms with Gasteiger partial charge in [-0.3, -0.25) is 9.59 Å². The molecule has 2 N–H and O–H groups in total. The highest BCUT2D eigenvalue weighted by Gasteiger charge is 2.21. The van der Waals surface area contributed by atoms with E-state index in [1.54, 1.807) is 0 Å². The molecule has 7 heteroatoms. The lowest BCUT2D eigenvalue weighted by molar-refractivity contribution is -0.137. The molecule has 1 unspecified atom stereocenters. The third-order valence-corrected chi connectivity index (χ3v) is 5.56. The average Bonchev–Trinajstić information content (AvgIpc) is 2.58. The summed E-state index contributed by atoms with van der Waals surface area (Å²) >= 11 is 1.32. The van der Waals surface area contributed by atoms with E-state index >= 15 is 0 Å². The molecule has 0 aliphatic heterocycles. The van der Waals surface area contributed by atoms with E-state index in [2.05, 4.69) is 15.3 Å². The number of carboxylic acid groups (broad SMARTS) is 1. The first-order chi connectivity index (χ1) is 12.4. The summed E-state index contributed by atoms with van der Waals surface area (Å²) in [6.07, 6.45) is 7.59. The maximum atomic E-state index is 12.3. The molecule has 2 rings (SSSR count). The molecule has 0 spiro atoms. The number of amides is 1. The number of carboxylic acids is 1. The molecule has 1 amide bonds. The lowest BCUT2D eigenvalue weighted by Gasteiger charge is -2.27. The third kappa shape index (κ3) is 7.72. The monoisotopic (exact) mass is 379 g/mol. The van der Waals surface area contributed by atoms with Crippen LogP contribution < -0.4 is 5.32 Å². The van der Waals surface area contributed by atoms with Gasteiger partial charge in [0.1, 0.15) is 0 Å². The van der Waals surface area contributed by atoms with Gasteiger partial charge in [0.25, 0.3) is 0 Å². The Morgan fingerprint density at radius 3 is 2.50 bits per heavy atom. The lowest BCUT2D eigenvalue weighted by Crippen LogP contribution is -2.38. The van der Waals surface area contributed by atoms with Gasteiger partial charge in [0.05, 0.1) is 5.75 Å². The summed E-state index contributed by atoms with van der Waals surface area (Å²) < 4.78 is 0. The van der Waals surface area contributed by atoms with Crippen molar-refractivity contribution in [3.63, 3.8) is 0 Å². The first-order valence-corrected chi connectivity index (χ1v) is 10.4. The standard InChI is InChI=1S/C19H29N3O3S/c1-13-10-14(2)21-19(20-13)26-12-17(23)22-16(8-9-18(24)25)11-15-6-4-3-5-7-15/h10,15-16H,3-9,11-12H2,1-2H3,(H,22,23)(H,24,25). The predicted molar refractivity (Wildman–Crippen MR) is 102 cm³/mol. The second-order valence-electron chi connectivity index (χ2n) is 7.16. The van der Waals surface area contributed by atoms with Crippen LogP contribution >= 0.6 is 11.8 Å². The molecule has 0 aromatic carbocycles. The van der Waals surface area contributed by atoms with Crippen LogP contribution in [0.5, 0.6) is 0 Å². The van der Waals surface area contributed by atoms with E-state index in [9.17, 15) is 9.59 Å². The van der Waals surface area contributed by atoms with Gasteiger partial charge in [0.2, 0.25) is 5.91 Å². The topological polar surface area (TPSA) is 92.2 Å². The van der Waals surface area contributed by atoms with Crippen molar-refractivity contribution in [1.29, 1.82) is 0 Å². The molecule has 0 saturated heterocycles. The smallest absolute Gasteiger partial charge is 0.303 e. The Morgan fingerprint density at radius 2 is 1.88 bits per heavy atom. The summed E-state index contributed by atoms with van der Waals surface area (Å²) in [5, 5.41) is 12.6. The maximum absolute atomic E-state index is 12.3. The van der Waals surface area contributed by atoms with Crippen molar-refractivity contribution in [3.05, 3.63) is 17.5 Å². The number of aryl methyl sites for hydroxylation is 2. The molecule has 1 fully saturated rings. The van der Waals surface area contributed by atoms with Crippen molar-refractivity contribution < 1.29 is 14.7 Å². The number of nitrogens with zero attached hydrogens (tertiary/aromatic N) is 2. The van der Waals surface area contributed by atoms with Gasteiger partial charge >= 0.3 is 5.97 Å². The molecular formula is C19H29N3O3S. The van der Waals surface area contributed by atoms with Crippen LogP contribution in [-0.4, -0.2) is 38.7 Å². The van der Waals surface area contributed by atoms with Gasteiger partial charge in [-0.15, -0.1) is 0 Å². The molecule has 1 aromatic rings. The summed E-state index contributed by atoms with van der Waals surface area (Å²) in [6.45, 7) is 3.82. The van der Waals surface area contributed by atoms with Crippen molar-refractivity contribution in [2.45, 2.75) is 76.4 Å². The van der Waals surface area contributed by atoms with Crippen LogP contribution in [0.2, 0.25) is 0 Å². The summed E-state index contributed by atoms with van der Waals surface area (Å²) in [5.74, 6) is -0.0509. The van der Waals surface area contributed by atoms with E-state index in [1.807, 2.05) is 19.9 Å². The van der Waals surface area contributed by atoms with E-state index in [4.69, 9.17) is 5.11 Å². The lowest BCUT2D eigenvalue weighted by atomic mass is 9.84. The van der Waals surface area contributed by atoms with Gasteiger partial charge in [-0.1, -0.05) is 43.9 Å². The molecule has 26 heavy (non-hydrogen) atoms. The van der Waals surface area contributed by atoms with Gasteiger partial charge in [-0.2, -0.15) is 0 Å². The zero-order valence-electron chi connectivity index (χ0n) is 15.7. The summed E-state index contributed by atoms with van der Waals surface area (Å²) in [5.41, 5.74) is 1.77. The van der Waals surface area contributed by atoms with Crippen molar-refractivity contribution in [2.75, 3.05) is 5.75 Å². The predicted octanol–water partition coefficient (Wildman–Crippen LogP) is 3.51. The molecule has 0 bridgehead atoms. The second-order valence-corrected chi connectivity index (χ2v) is 8.10. The molecule has 1 aromatic heterocycles. The minimum absolute atomic E-state index is 0.0672. The normalized spacial score (nSPS) is 16.2. The van der Waals surface area contributed by atoms with Crippen molar-refractivity contribution >= 4 is 23.6 Å². The van der Waals surface area contributed by atoms with E-state index in [1.165, 1.54) is 43.9 Å². The third-order valence-electron chi connectivity index (χ3n) is 4.71. The number of aliphatic carboxylic acids is 1. The Hall–Kier alpha value is -1.63. The van der Waals surface area contributed by atoms with E-state index < -0.39 is 5.97 Å². The van der Waals surface area contributed by atoms with Crippen LogP contribution in [0.1, 0.15) is 62.8 Å². The summed E-state index contributed by atoms with van der Waals surface area (Å²) in [7, 11) is 0. The molecule has 1 heterocycles. The van der Waals surface area contributed by atoms with Crippen LogP contribution in [0.15, 0.2) is 11.2 Å². The number of aromatic nitrogens is 2. The Kier molecular flexibility index (Phi) is 8.35. The highest BCUT2D eigenvalue weighted by atomic mass is 32.2. The van der Waals surface area contributed by atoms with E-state index in [0.717, 1.165) is 17.8 Å². The Labute approximate surface area is 159 Å². The molecule has 1 atom stereocenters. The highest BCUT2D eigenvalue weighted by Crippen LogP contribution is 2.28.